The van der Waals surface area contributed by atoms with Crippen LogP contribution >= 0.6 is 0 Å². The average molecular weight is 556 g/mol. The molecule has 5 aromatic rings. The van der Waals surface area contributed by atoms with Crippen LogP contribution in [0.25, 0.3) is 21.9 Å². The van der Waals surface area contributed by atoms with Gasteiger partial charge in [0.15, 0.2) is 0 Å². The van der Waals surface area contributed by atoms with Gasteiger partial charge in [0.25, 0.3) is 11.8 Å². The molecule has 210 valence electrons. The van der Waals surface area contributed by atoms with Crippen molar-refractivity contribution in [2.24, 2.45) is 0 Å². The Morgan fingerprint density at radius 3 is 2.33 bits per heavy atom. The van der Waals surface area contributed by atoms with Crippen molar-refractivity contribution >= 4 is 34.1 Å². The van der Waals surface area contributed by atoms with E-state index in [0.29, 0.717) is 35.8 Å². The molecule has 42 heavy (non-hydrogen) atoms. The summed E-state index contributed by atoms with van der Waals surface area (Å²) < 4.78 is 0. The molecule has 2 aromatic heterocycles. The van der Waals surface area contributed by atoms with Gasteiger partial charge in [0.05, 0.1) is 5.56 Å². The Morgan fingerprint density at radius 1 is 0.833 bits per heavy atom. The predicted molar refractivity (Wildman–Crippen MR) is 168 cm³/mol. The summed E-state index contributed by atoms with van der Waals surface area (Å²) in [6.07, 6.45) is 5.25. The quantitative estimate of drug-likeness (QED) is 0.228. The lowest BCUT2D eigenvalue weighted by molar-refractivity contribution is 0.0602. The largest absolute Gasteiger partial charge is 0.368 e. The van der Waals surface area contributed by atoms with Gasteiger partial charge in [-0.15, -0.1) is 0 Å². The summed E-state index contributed by atoms with van der Waals surface area (Å²) >= 11 is 0. The minimum Gasteiger partial charge on any atom is -0.368 e. The molecular formula is C35H33N5O2. The Labute approximate surface area is 245 Å². The molecule has 0 unspecified atom stereocenters. The zero-order chi connectivity index (χ0) is 29.2. The van der Waals surface area contributed by atoms with E-state index >= 15 is 0 Å². The zero-order valence-electron chi connectivity index (χ0n) is 24.0. The minimum absolute atomic E-state index is 0.0326. The van der Waals surface area contributed by atoms with E-state index in [4.69, 9.17) is 0 Å². The Balaban J connectivity index is 1.08. The second-order valence-corrected chi connectivity index (χ2v) is 11.2. The highest BCUT2D eigenvalue weighted by molar-refractivity contribution is 6.05. The van der Waals surface area contributed by atoms with Gasteiger partial charge in [-0.25, -0.2) is 4.98 Å². The number of pyridine rings is 2. The molecule has 1 aliphatic heterocycles. The normalized spacial score (nSPS) is 13.2. The first-order valence-corrected chi connectivity index (χ1v) is 14.2. The fourth-order valence-electron chi connectivity index (χ4n) is 5.24. The number of hydrogen-bond acceptors (Lipinski definition) is 5. The van der Waals surface area contributed by atoms with Crippen LogP contribution < -0.4 is 10.6 Å². The average Bonchev–Trinajstić information content (AvgIpc) is 2.97. The predicted octanol–water partition coefficient (Wildman–Crippen LogP) is 6.92. The molecule has 1 aliphatic rings. The van der Waals surface area contributed by atoms with Gasteiger partial charge in [-0.1, -0.05) is 42.5 Å². The molecule has 0 aliphatic carbocycles. The molecule has 1 saturated heterocycles. The summed E-state index contributed by atoms with van der Waals surface area (Å²) in [5, 5.41) is 8.46. The smallest absolute Gasteiger partial charge is 0.257 e. The van der Waals surface area contributed by atoms with Crippen molar-refractivity contribution in [3.05, 3.63) is 120 Å². The second-order valence-electron chi connectivity index (χ2n) is 11.2. The third-order valence-electron chi connectivity index (χ3n) is 7.72. The van der Waals surface area contributed by atoms with Crippen LogP contribution in [0.1, 0.15) is 51.6 Å². The number of fused-ring (bicyclic) bond motifs is 1. The first kappa shape index (κ1) is 27.1. The van der Waals surface area contributed by atoms with E-state index in [1.807, 2.05) is 56.3 Å². The topological polar surface area (TPSA) is 87.2 Å². The Hall–Kier alpha value is -5.04. The summed E-state index contributed by atoms with van der Waals surface area (Å²) in [4.78, 5) is 36.5. The standard InChI is InChI=1S/C35H33N5O2/c1-22(2)38-33-13-12-30(19-37-33)34(41)39-32-17-28(5-4-23(32)3)35(42)40-20-31(21-40)25-8-6-24(7-9-25)26-10-11-29-18-36-15-14-27(29)16-26/h4-19,22,31H,20-21H2,1-3H3,(H,37,38)(H,39,41). The van der Waals surface area contributed by atoms with Crippen molar-refractivity contribution < 1.29 is 9.59 Å². The van der Waals surface area contributed by atoms with Crippen LogP contribution in [-0.4, -0.2) is 45.8 Å². The van der Waals surface area contributed by atoms with Gasteiger partial charge in [-0.3, -0.25) is 14.6 Å². The van der Waals surface area contributed by atoms with Gasteiger partial charge < -0.3 is 15.5 Å². The van der Waals surface area contributed by atoms with Crippen LogP contribution in [0.5, 0.6) is 0 Å². The highest BCUT2D eigenvalue weighted by atomic mass is 16.2. The maximum absolute atomic E-state index is 13.3. The molecule has 0 atom stereocenters. The number of carbonyl (C=O) groups excluding carboxylic acids is 2. The molecule has 0 bridgehead atoms. The van der Waals surface area contributed by atoms with E-state index < -0.39 is 0 Å². The maximum Gasteiger partial charge on any atom is 0.257 e. The summed E-state index contributed by atoms with van der Waals surface area (Å²) in [5.41, 5.74) is 6.08. The van der Waals surface area contributed by atoms with Gasteiger partial charge in [0, 0.05) is 60.3 Å². The highest BCUT2D eigenvalue weighted by Crippen LogP contribution is 2.31. The molecule has 0 spiro atoms. The van der Waals surface area contributed by atoms with Gasteiger partial charge in [0.2, 0.25) is 0 Å². The summed E-state index contributed by atoms with van der Waals surface area (Å²) in [6.45, 7) is 7.31. The second kappa shape index (κ2) is 11.4. The highest BCUT2D eigenvalue weighted by Gasteiger charge is 2.32. The number of rotatable bonds is 7. The van der Waals surface area contributed by atoms with Crippen LogP contribution in [0.3, 0.4) is 0 Å². The lowest BCUT2D eigenvalue weighted by atomic mass is 9.89. The number of amides is 2. The number of hydrogen-bond donors (Lipinski definition) is 2. The number of aromatic nitrogens is 2. The van der Waals surface area contributed by atoms with E-state index in [1.54, 1.807) is 24.4 Å². The Bertz CT molecular complexity index is 1760. The van der Waals surface area contributed by atoms with Crippen LogP contribution in [-0.2, 0) is 0 Å². The molecule has 7 heteroatoms. The molecule has 7 nitrogen and oxygen atoms in total. The number of likely N-dealkylation sites (tertiary alicyclic amines) is 1. The van der Waals surface area contributed by atoms with E-state index in [1.165, 1.54) is 16.5 Å². The molecule has 6 rings (SSSR count). The first-order valence-electron chi connectivity index (χ1n) is 14.2. The molecule has 1 fully saturated rings. The van der Waals surface area contributed by atoms with Gasteiger partial charge in [-0.2, -0.15) is 0 Å². The number of anilines is 2. The molecule has 0 saturated carbocycles. The van der Waals surface area contributed by atoms with Crippen LogP contribution in [0.4, 0.5) is 11.5 Å². The summed E-state index contributed by atoms with van der Waals surface area (Å²) in [7, 11) is 0. The molecular weight excluding hydrogens is 522 g/mol. The fraction of sp³-hybridized carbons (Fsp3) is 0.200. The summed E-state index contributed by atoms with van der Waals surface area (Å²) in [5.74, 6) is 0.724. The summed E-state index contributed by atoms with van der Waals surface area (Å²) in [6, 6.07) is 26.3. The lowest BCUT2D eigenvalue weighted by Crippen LogP contribution is -2.48. The van der Waals surface area contributed by atoms with Crippen molar-refractivity contribution in [3.8, 4) is 11.1 Å². The van der Waals surface area contributed by atoms with Crippen molar-refractivity contribution in [3.63, 3.8) is 0 Å². The molecule has 2 N–H and O–H groups in total. The van der Waals surface area contributed by atoms with Crippen molar-refractivity contribution in [2.45, 2.75) is 32.7 Å². The van der Waals surface area contributed by atoms with Crippen LogP contribution in [0, 0.1) is 6.92 Å². The SMILES string of the molecule is Cc1ccc(C(=O)N2CC(c3ccc(-c4ccc5cnccc5c4)cc3)C2)cc1NC(=O)c1ccc(NC(C)C)nc1. The van der Waals surface area contributed by atoms with Gasteiger partial charge in [-0.05, 0) is 84.8 Å². The Morgan fingerprint density at radius 2 is 1.60 bits per heavy atom. The van der Waals surface area contributed by atoms with E-state index in [-0.39, 0.29) is 17.9 Å². The number of nitrogens with zero attached hydrogens (tertiary/aromatic N) is 3. The monoisotopic (exact) mass is 555 g/mol. The maximum atomic E-state index is 13.3. The first-order chi connectivity index (χ1) is 20.3. The third-order valence-corrected chi connectivity index (χ3v) is 7.72. The number of nitrogens with one attached hydrogen (secondary N) is 2. The molecule has 3 aromatic carbocycles. The number of aryl methyl sites for hydroxylation is 1. The van der Waals surface area contributed by atoms with Crippen molar-refractivity contribution in [1.82, 2.24) is 14.9 Å². The number of carbonyl (C=O) groups is 2. The Kier molecular flexibility index (Phi) is 7.40. The number of benzene rings is 3. The zero-order valence-corrected chi connectivity index (χ0v) is 24.0. The minimum atomic E-state index is -0.264. The van der Waals surface area contributed by atoms with Crippen LogP contribution in [0.15, 0.2) is 97.5 Å². The van der Waals surface area contributed by atoms with E-state index in [9.17, 15) is 9.59 Å². The van der Waals surface area contributed by atoms with Gasteiger partial charge >= 0.3 is 0 Å². The molecule has 3 heterocycles. The van der Waals surface area contributed by atoms with Crippen LogP contribution in [0.2, 0.25) is 0 Å². The third kappa shape index (κ3) is 5.72. The van der Waals surface area contributed by atoms with Crippen molar-refractivity contribution in [2.75, 3.05) is 23.7 Å². The van der Waals surface area contributed by atoms with Gasteiger partial charge in [0.1, 0.15) is 5.82 Å². The molecule has 0 radical (unpaired) electrons. The van der Waals surface area contributed by atoms with Crippen molar-refractivity contribution in [1.29, 1.82) is 0 Å². The van der Waals surface area contributed by atoms with E-state index in [2.05, 4.69) is 63.1 Å². The molecule has 2 amide bonds. The lowest BCUT2D eigenvalue weighted by Gasteiger charge is -2.39. The van der Waals surface area contributed by atoms with E-state index in [0.717, 1.165) is 22.3 Å². The fourth-order valence-corrected chi connectivity index (χ4v) is 5.24.